The summed E-state index contributed by atoms with van der Waals surface area (Å²) in [4.78, 5) is 23.3. The van der Waals surface area contributed by atoms with Gasteiger partial charge in [-0.25, -0.2) is 15.0 Å². The molecule has 8 aromatic rings. The smallest absolute Gasteiger partial charge is 0.165 e. The molecule has 0 radical (unpaired) electrons. The maximum atomic E-state index is 4.95. The largest absolute Gasteiger partial charge is 0.264 e. The van der Waals surface area contributed by atoms with E-state index in [1.54, 1.807) is 24.8 Å². The number of pyridine rings is 2. The van der Waals surface area contributed by atoms with Crippen molar-refractivity contribution in [3.63, 3.8) is 0 Å². The molecule has 0 unspecified atom stereocenters. The van der Waals surface area contributed by atoms with Gasteiger partial charge in [-0.15, -0.1) is 0 Å². The molecule has 0 aliphatic rings. The zero-order valence-corrected chi connectivity index (χ0v) is 26.0. The Morgan fingerprint density at radius 3 is 1.10 bits per heavy atom. The summed E-state index contributed by atoms with van der Waals surface area (Å²) in [5, 5.41) is 0. The molecule has 0 saturated carbocycles. The molecule has 0 amide bonds. The first-order chi connectivity index (χ1) is 23.8. The first kappa shape index (κ1) is 28.9. The lowest BCUT2D eigenvalue weighted by Gasteiger charge is -2.17. The maximum absolute atomic E-state index is 4.95. The van der Waals surface area contributed by atoms with Crippen LogP contribution >= 0.6 is 0 Å². The summed E-state index contributed by atoms with van der Waals surface area (Å²) >= 11 is 0. The molecular weight excluding hydrogens is 587 g/mol. The normalized spacial score (nSPS) is 10.9. The summed E-state index contributed by atoms with van der Waals surface area (Å²) in [6.45, 7) is 0. The Morgan fingerprint density at radius 2 is 0.646 bits per heavy atom. The van der Waals surface area contributed by atoms with Gasteiger partial charge in [0.25, 0.3) is 0 Å². The van der Waals surface area contributed by atoms with Crippen molar-refractivity contribution < 1.29 is 0 Å². The second-order valence-corrected chi connectivity index (χ2v) is 11.4. The fourth-order valence-electron chi connectivity index (χ4n) is 5.98. The first-order valence-electron chi connectivity index (χ1n) is 15.8. The van der Waals surface area contributed by atoms with E-state index in [0.717, 1.165) is 38.9 Å². The minimum atomic E-state index is 0.557. The van der Waals surface area contributed by atoms with E-state index in [4.69, 9.17) is 15.0 Å². The Balaban J connectivity index is 1.31. The summed E-state index contributed by atoms with van der Waals surface area (Å²) in [5.74, 6) is 1.69. The molecule has 0 fully saturated rings. The molecule has 226 valence electrons. The molecule has 0 N–H and O–H groups in total. The van der Waals surface area contributed by atoms with Gasteiger partial charge in [-0.1, -0.05) is 115 Å². The van der Waals surface area contributed by atoms with Crippen LogP contribution in [0.5, 0.6) is 0 Å². The molecular formula is C43H29N5. The standard InChI is InChI=1S/C43H29N5/c1-4-12-30(13-5-1)37-22-20-33(26-39(37)31-14-6-2-7-15-31)38-23-21-34(27-40(38)32-16-8-3-9-17-32)41-46-42(35-18-10-24-44-28-35)48-43(47-41)36-19-11-25-45-29-36/h1-29H. The third-order valence-electron chi connectivity index (χ3n) is 8.34. The van der Waals surface area contributed by atoms with Crippen LogP contribution in [-0.4, -0.2) is 24.9 Å². The molecule has 5 nitrogen and oxygen atoms in total. The predicted molar refractivity (Wildman–Crippen MR) is 193 cm³/mol. The van der Waals surface area contributed by atoms with Crippen LogP contribution in [0.1, 0.15) is 0 Å². The second kappa shape index (κ2) is 13.0. The summed E-state index contributed by atoms with van der Waals surface area (Å²) in [6.07, 6.45) is 7.03. The quantitative estimate of drug-likeness (QED) is 0.178. The van der Waals surface area contributed by atoms with Gasteiger partial charge >= 0.3 is 0 Å². The van der Waals surface area contributed by atoms with Crippen molar-refractivity contribution in [2.75, 3.05) is 0 Å². The molecule has 0 aliphatic heterocycles. The number of benzene rings is 5. The zero-order valence-electron chi connectivity index (χ0n) is 26.0. The van der Waals surface area contributed by atoms with Gasteiger partial charge < -0.3 is 0 Å². The molecule has 48 heavy (non-hydrogen) atoms. The van der Waals surface area contributed by atoms with E-state index in [0.29, 0.717) is 17.5 Å². The van der Waals surface area contributed by atoms with Crippen LogP contribution in [0, 0.1) is 0 Å². The predicted octanol–water partition coefficient (Wildman–Crippen LogP) is 10.3. The summed E-state index contributed by atoms with van der Waals surface area (Å²) in [7, 11) is 0. The fraction of sp³-hybridized carbons (Fsp3) is 0. The highest BCUT2D eigenvalue weighted by atomic mass is 15.0. The van der Waals surface area contributed by atoms with E-state index in [1.807, 2.05) is 30.3 Å². The lowest BCUT2D eigenvalue weighted by Crippen LogP contribution is -2.01. The van der Waals surface area contributed by atoms with Crippen LogP contribution in [-0.2, 0) is 0 Å². The van der Waals surface area contributed by atoms with E-state index in [2.05, 4.69) is 131 Å². The van der Waals surface area contributed by atoms with Crippen LogP contribution in [0.2, 0.25) is 0 Å². The molecule has 0 saturated heterocycles. The lowest BCUT2D eigenvalue weighted by molar-refractivity contribution is 1.07. The van der Waals surface area contributed by atoms with Crippen molar-refractivity contribution in [1.82, 2.24) is 24.9 Å². The molecule has 0 spiro atoms. The van der Waals surface area contributed by atoms with Gasteiger partial charge in [-0.3, -0.25) is 9.97 Å². The average molecular weight is 616 g/mol. The van der Waals surface area contributed by atoms with Gasteiger partial charge in [-0.05, 0) is 80.9 Å². The Kier molecular flexibility index (Phi) is 7.83. The van der Waals surface area contributed by atoms with Gasteiger partial charge in [0.1, 0.15) is 0 Å². The molecule has 0 bridgehead atoms. The number of rotatable bonds is 7. The zero-order chi connectivity index (χ0) is 32.1. The Morgan fingerprint density at radius 1 is 0.271 bits per heavy atom. The van der Waals surface area contributed by atoms with Gasteiger partial charge in [0.2, 0.25) is 0 Å². The van der Waals surface area contributed by atoms with Crippen molar-refractivity contribution in [1.29, 1.82) is 0 Å². The van der Waals surface area contributed by atoms with E-state index in [-0.39, 0.29) is 0 Å². The SMILES string of the molecule is c1ccc(-c2ccc(-c3ccc(-c4nc(-c5cccnc5)nc(-c5cccnc5)n4)cc3-c3ccccc3)cc2-c2ccccc2)cc1. The van der Waals surface area contributed by atoms with Crippen molar-refractivity contribution in [3.8, 4) is 78.7 Å². The molecule has 5 aromatic carbocycles. The molecule has 3 heterocycles. The van der Waals surface area contributed by atoms with Crippen LogP contribution in [0.3, 0.4) is 0 Å². The summed E-state index contributed by atoms with van der Waals surface area (Å²) < 4.78 is 0. The van der Waals surface area contributed by atoms with Crippen molar-refractivity contribution in [2.45, 2.75) is 0 Å². The van der Waals surface area contributed by atoms with Gasteiger partial charge in [0.05, 0.1) is 0 Å². The monoisotopic (exact) mass is 615 g/mol. The van der Waals surface area contributed by atoms with Crippen molar-refractivity contribution in [2.24, 2.45) is 0 Å². The number of hydrogen-bond acceptors (Lipinski definition) is 5. The van der Waals surface area contributed by atoms with E-state index < -0.39 is 0 Å². The summed E-state index contributed by atoms with van der Waals surface area (Å²) in [5.41, 5.74) is 11.7. The highest BCUT2D eigenvalue weighted by molar-refractivity contribution is 5.92. The molecule has 0 atom stereocenters. The van der Waals surface area contributed by atoms with Gasteiger partial charge in [0.15, 0.2) is 17.5 Å². The molecule has 3 aromatic heterocycles. The first-order valence-corrected chi connectivity index (χ1v) is 15.8. The van der Waals surface area contributed by atoms with Crippen LogP contribution < -0.4 is 0 Å². The van der Waals surface area contributed by atoms with E-state index in [9.17, 15) is 0 Å². The Labute approximate surface area is 279 Å². The van der Waals surface area contributed by atoms with Gasteiger partial charge in [0, 0.05) is 41.5 Å². The Hall–Kier alpha value is -6.59. The Bertz CT molecular complexity index is 2250. The lowest BCUT2D eigenvalue weighted by atomic mass is 9.88. The molecule has 0 aliphatic carbocycles. The van der Waals surface area contributed by atoms with Gasteiger partial charge in [-0.2, -0.15) is 0 Å². The summed E-state index contributed by atoms with van der Waals surface area (Å²) in [6, 6.07) is 52.6. The van der Waals surface area contributed by atoms with Crippen molar-refractivity contribution in [3.05, 3.63) is 176 Å². The number of nitrogens with zero attached hydrogens (tertiary/aromatic N) is 5. The number of hydrogen-bond donors (Lipinski definition) is 0. The highest BCUT2D eigenvalue weighted by Gasteiger charge is 2.17. The second-order valence-electron chi connectivity index (χ2n) is 11.4. The maximum Gasteiger partial charge on any atom is 0.165 e. The molecule has 8 rings (SSSR count). The fourth-order valence-corrected chi connectivity index (χ4v) is 5.98. The van der Waals surface area contributed by atoms with E-state index in [1.165, 1.54) is 22.3 Å². The topological polar surface area (TPSA) is 64.5 Å². The highest BCUT2D eigenvalue weighted by Crippen LogP contribution is 2.40. The minimum Gasteiger partial charge on any atom is -0.264 e. The average Bonchev–Trinajstić information content (AvgIpc) is 3.19. The van der Waals surface area contributed by atoms with Crippen molar-refractivity contribution >= 4 is 0 Å². The minimum absolute atomic E-state index is 0.557. The van der Waals surface area contributed by atoms with Crippen LogP contribution in [0.25, 0.3) is 78.7 Å². The third-order valence-corrected chi connectivity index (χ3v) is 8.34. The molecule has 5 heteroatoms. The van der Waals surface area contributed by atoms with Crippen LogP contribution in [0.4, 0.5) is 0 Å². The third kappa shape index (κ3) is 5.88. The van der Waals surface area contributed by atoms with E-state index >= 15 is 0 Å². The number of aromatic nitrogens is 5. The van der Waals surface area contributed by atoms with Crippen LogP contribution in [0.15, 0.2) is 176 Å².